The fraction of sp³-hybridized carbons (Fsp3) is 0. The molecule has 0 saturated heterocycles. The highest BCUT2D eigenvalue weighted by molar-refractivity contribution is 6.07. The number of nitrogens with one attached hydrogen (secondary N) is 2. The normalized spacial score (nSPS) is 11.8. The van der Waals surface area contributed by atoms with E-state index in [1.54, 1.807) is 6.07 Å². The summed E-state index contributed by atoms with van der Waals surface area (Å²) >= 11 is 0. The number of H-pyrrole nitrogens is 1. The SMILES string of the molecule is N=c1nnc2nc3c(=O)c4ccccc4c3[nH]n12. The molecule has 0 aliphatic heterocycles. The first-order valence-corrected chi connectivity index (χ1v) is 5.30. The lowest BCUT2D eigenvalue weighted by Gasteiger charge is -1.94. The van der Waals surface area contributed by atoms with E-state index in [2.05, 4.69) is 20.3 Å². The van der Waals surface area contributed by atoms with Crippen LogP contribution in [0.1, 0.15) is 0 Å². The zero-order valence-electron chi connectivity index (χ0n) is 9.01. The quantitative estimate of drug-likeness (QED) is 0.451. The minimum Gasteiger partial charge on any atom is -0.287 e. The number of aromatic nitrogens is 5. The molecule has 0 aliphatic rings. The van der Waals surface area contributed by atoms with Crippen LogP contribution in [0.25, 0.3) is 27.6 Å². The maximum Gasteiger partial charge on any atom is 0.272 e. The Morgan fingerprint density at radius 3 is 2.78 bits per heavy atom. The van der Waals surface area contributed by atoms with Crippen molar-refractivity contribution in [1.82, 2.24) is 24.8 Å². The molecule has 4 aromatic rings. The van der Waals surface area contributed by atoms with E-state index in [4.69, 9.17) is 5.41 Å². The van der Waals surface area contributed by atoms with E-state index in [1.807, 2.05) is 18.2 Å². The van der Waals surface area contributed by atoms with Gasteiger partial charge in [0.25, 0.3) is 11.4 Å². The molecule has 0 spiro atoms. The summed E-state index contributed by atoms with van der Waals surface area (Å²) in [6, 6.07) is 7.27. The largest absolute Gasteiger partial charge is 0.287 e. The summed E-state index contributed by atoms with van der Waals surface area (Å²) in [6.07, 6.45) is 0. The van der Waals surface area contributed by atoms with E-state index >= 15 is 0 Å². The lowest BCUT2D eigenvalue weighted by Crippen LogP contribution is -2.13. The Kier molecular flexibility index (Phi) is 1.48. The molecule has 86 valence electrons. The van der Waals surface area contributed by atoms with Gasteiger partial charge >= 0.3 is 0 Å². The van der Waals surface area contributed by atoms with Gasteiger partial charge in [-0.05, 0) is 0 Å². The fourth-order valence-electron chi connectivity index (χ4n) is 2.15. The molecule has 0 aliphatic carbocycles. The summed E-state index contributed by atoms with van der Waals surface area (Å²) in [7, 11) is 0. The highest BCUT2D eigenvalue weighted by Gasteiger charge is 2.13. The van der Waals surface area contributed by atoms with Crippen LogP contribution in [-0.4, -0.2) is 24.8 Å². The Labute approximate surface area is 98.6 Å². The van der Waals surface area contributed by atoms with Crippen LogP contribution in [0.2, 0.25) is 0 Å². The zero-order chi connectivity index (χ0) is 12.3. The topological polar surface area (TPSA) is 99.8 Å². The van der Waals surface area contributed by atoms with E-state index in [-0.39, 0.29) is 16.8 Å². The Morgan fingerprint density at radius 2 is 1.94 bits per heavy atom. The third kappa shape index (κ3) is 0.956. The maximum atomic E-state index is 12.2. The number of hydrogen-bond donors (Lipinski definition) is 2. The lowest BCUT2D eigenvalue weighted by molar-refractivity contribution is 0.838. The minimum atomic E-state index is -0.131. The van der Waals surface area contributed by atoms with Crippen molar-refractivity contribution < 1.29 is 0 Å². The molecule has 0 fully saturated rings. The number of fused-ring (bicyclic) bond motifs is 4. The van der Waals surface area contributed by atoms with E-state index < -0.39 is 0 Å². The average Bonchev–Trinajstić information content (AvgIpc) is 2.90. The van der Waals surface area contributed by atoms with Crippen molar-refractivity contribution in [2.75, 3.05) is 0 Å². The molecule has 7 heteroatoms. The molecular weight excluding hydrogens is 232 g/mol. The number of aromatic amines is 1. The van der Waals surface area contributed by atoms with Gasteiger partial charge in [0.05, 0.1) is 5.52 Å². The Hall–Kier alpha value is -2.83. The predicted molar refractivity (Wildman–Crippen MR) is 63.5 cm³/mol. The van der Waals surface area contributed by atoms with Crippen molar-refractivity contribution in [2.45, 2.75) is 0 Å². The Morgan fingerprint density at radius 1 is 1.17 bits per heavy atom. The van der Waals surface area contributed by atoms with Crippen molar-refractivity contribution in [1.29, 1.82) is 5.41 Å². The average molecular weight is 238 g/mol. The van der Waals surface area contributed by atoms with Crippen molar-refractivity contribution >= 4 is 27.6 Å². The highest BCUT2D eigenvalue weighted by Crippen LogP contribution is 2.19. The van der Waals surface area contributed by atoms with Crippen molar-refractivity contribution in [2.24, 2.45) is 0 Å². The third-order valence-electron chi connectivity index (χ3n) is 2.97. The van der Waals surface area contributed by atoms with Gasteiger partial charge in [0, 0.05) is 10.8 Å². The first kappa shape index (κ1) is 9.23. The Balaban J connectivity index is 2.41. The van der Waals surface area contributed by atoms with Crippen LogP contribution < -0.4 is 11.0 Å². The molecule has 0 saturated carbocycles. The van der Waals surface area contributed by atoms with Crippen molar-refractivity contribution in [3.8, 4) is 0 Å². The molecule has 0 bridgehead atoms. The molecule has 7 nitrogen and oxygen atoms in total. The van der Waals surface area contributed by atoms with Crippen LogP contribution in [-0.2, 0) is 0 Å². The molecular formula is C11H6N6O. The van der Waals surface area contributed by atoms with Crippen LogP contribution in [0.15, 0.2) is 29.1 Å². The second kappa shape index (κ2) is 2.89. The highest BCUT2D eigenvalue weighted by atomic mass is 16.1. The van der Waals surface area contributed by atoms with Gasteiger partial charge in [0.15, 0.2) is 0 Å². The van der Waals surface area contributed by atoms with Gasteiger partial charge in [-0.1, -0.05) is 24.3 Å². The summed E-state index contributed by atoms with van der Waals surface area (Å²) in [5.74, 6) is 0.222. The van der Waals surface area contributed by atoms with E-state index in [0.29, 0.717) is 16.4 Å². The molecule has 2 N–H and O–H groups in total. The molecule has 0 radical (unpaired) electrons. The first-order chi connectivity index (χ1) is 8.75. The Bertz CT molecular complexity index is 1010. The van der Waals surface area contributed by atoms with Crippen molar-refractivity contribution in [3.05, 3.63) is 40.1 Å². The van der Waals surface area contributed by atoms with Gasteiger partial charge in [-0.15, -0.1) is 10.2 Å². The summed E-state index contributed by atoms with van der Waals surface area (Å²) in [5.41, 5.74) is 0.763. The molecule has 2 aromatic carbocycles. The third-order valence-corrected chi connectivity index (χ3v) is 2.97. The van der Waals surface area contributed by atoms with E-state index in [1.165, 1.54) is 4.52 Å². The zero-order valence-corrected chi connectivity index (χ0v) is 9.01. The molecule has 2 heterocycles. The second-order valence-electron chi connectivity index (χ2n) is 3.98. The monoisotopic (exact) mass is 238 g/mol. The van der Waals surface area contributed by atoms with E-state index in [0.717, 1.165) is 5.39 Å². The molecule has 0 atom stereocenters. The standard InChI is InChI=1S/C11H6N6O/c12-10-14-15-11-13-8-7(16-17(10)11)5-3-1-2-4-6(5)9(8)18/h1-4,12,16H. The molecule has 4 rings (SSSR count). The minimum absolute atomic E-state index is 0.0443. The molecule has 0 unspecified atom stereocenters. The van der Waals surface area contributed by atoms with E-state index in [9.17, 15) is 4.79 Å². The van der Waals surface area contributed by atoms with Crippen molar-refractivity contribution in [3.63, 3.8) is 0 Å². The number of hydrogen-bond acceptors (Lipinski definition) is 5. The summed E-state index contributed by atoms with van der Waals surface area (Å²) < 4.78 is 1.34. The van der Waals surface area contributed by atoms with Crippen LogP contribution in [0.5, 0.6) is 0 Å². The van der Waals surface area contributed by atoms with Gasteiger partial charge in [-0.3, -0.25) is 15.3 Å². The number of nitrogens with zero attached hydrogens (tertiary/aromatic N) is 4. The summed E-state index contributed by atoms with van der Waals surface area (Å²) in [6.45, 7) is 0. The van der Waals surface area contributed by atoms with Gasteiger partial charge < -0.3 is 0 Å². The summed E-state index contributed by atoms with van der Waals surface area (Å²) in [4.78, 5) is 16.3. The molecule has 18 heavy (non-hydrogen) atoms. The second-order valence-corrected chi connectivity index (χ2v) is 3.98. The van der Waals surface area contributed by atoms with Gasteiger partial charge in [0.2, 0.25) is 5.43 Å². The molecule has 0 amide bonds. The maximum absolute atomic E-state index is 12.2. The fourth-order valence-corrected chi connectivity index (χ4v) is 2.15. The molecule has 2 aromatic heterocycles. The van der Waals surface area contributed by atoms with Gasteiger partial charge in [-0.2, -0.15) is 4.52 Å². The van der Waals surface area contributed by atoms with Crippen LogP contribution in [0.4, 0.5) is 0 Å². The number of benzene rings is 1. The predicted octanol–water partition coefficient (Wildman–Crippen LogP) is 0.0363. The first-order valence-electron chi connectivity index (χ1n) is 5.30. The van der Waals surface area contributed by atoms with Gasteiger partial charge in [-0.25, -0.2) is 4.98 Å². The van der Waals surface area contributed by atoms with Crippen LogP contribution >= 0.6 is 0 Å². The lowest BCUT2D eigenvalue weighted by atomic mass is 10.2. The number of rotatable bonds is 0. The van der Waals surface area contributed by atoms with Crippen LogP contribution in [0.3, 0.4) is 0 Å². The summed E-state index contributed by atoms with van der Waals surface area (Å²) in [5, 5.41) is 19.3. The van der Waals surface area contributed by atoms with Gasteiger partial charge in [0.1, 0.15) is 5.52 Å². The van der Waals surface area contributed by atoms with Crippen LogP contribution in [0, 0.1) is 5.41 Å². The smallest absolute Gasteiger partial charge is 0.272 e.